The van der Waals surface area contributed by atoms with Gasteiger partial charge >= 0.3 is 0 Å². The van der Waals surface area contributed by atoms with E-state index in [1.165, 1.54) is 0 Å². The molecule has 0 amide bonds. The number of thiophene rings is 1. The molecule has 1 N–H and O–H groups in total. The fourth-order valence-corrected chi connectivity index (χ4v) is 3.50. The number of benzene rings is 1. The molecular formula is C13H11BrCl2OS. The summed E-state index contributed by atoms with van der Waals surface area (Å²) in [5.41, 5.74) is 0.971. The first kappa shape index (κ1) is 14.4. The first-order valence-corrected chi connectivity index (χ1v) is 7.71. The Hall–Kier alpha value is -0.0600. The lowest BCUT2D eigenvalue weighted by molar-refractivity contribution is 0.182. The Labute approximate surface area is 128 Å². The van der Waals surface area contributed by atoms with Crippen molar-refractivity contribution < 1.29 is 5.11 Å². The molecule has 2 aromatic rings. The molecule has 18 heavy (non-hydrogen) atoms. The lowest BCUT2D eigenvalue weighted by atomic mass is 10.1. The summed E-state index contributed by atoms with van der Waals surface area (Å²) < 4.78 is 1.04. The molecule has 1 unspecified atom stereocenters. The van der Waals surface area contributed by atoms with E-state index in [4.69, 9.17) is 23.2 Å². The molecule has 5 heteroatoms. The van der Waals surface area contributed by atoms with E-state index in [0.29, 0.717) is 16.5 Å². The number of hydrogen-bond donors (Lipinski definition) is 1. The van der Waals surface area contributed by atoms with Gasteiger partial charge in [0.15, 0.2) is 0 Å². The van der Waals surface area contributed by atoms with Crippen molar-refractivity contribution >= 4 is 50.5 Å². The fourth-order valence-electron chi connectivity index (χ4n) is 1.64. The van der Waals surface area contributed by atoms with E-state index in [1.54, 1.807) is 23.5 Å². The number of aryl methyl sites for hydroxylation is 1. The molecule has 0 bridgehead atoms. The van der Waals surface area contributed by atoms with Gasteiger partial charge in [0, 0.05) is 20.6 Å². The van der Waals surface area contributed by atoms with Crippen LogP contribution in [0.2, 0.25) is 10.0 Å². The van der Waals surface area contributed by atoms with Crippen molar-refractivity contribution in [2.75, 3.05) is 0 Å². The molecule has 0 saturated carbocycles. The lowest BCUT2D eigenvalue weighted by Crippen LogP contribution is -1.99. The van der Waals surface area contributed by atoms with Crippen LogP contribution in [0.3, 0.4) is 0 Å². The van der Waals surface area contributed by atoms with Gasteiger partial charge in [-0.05, 0) is 46.6 Å². The summed E-state index contributed by atoms with van der Waals surface area (Å²) in [6.07, 6.45) is 0.0146. The van der Waals surface area contributed by atoms with Gasteiger partial charge < -0.3 is 5.11 Å². The summed E-state index contributed by atoms with van der Waals surface area (Å²) in [4.78, 5) is 2.11. The van der Waals surface area contributed by atoms with Gasteiger partial charge in [0.1, 0.15) is 0 Å². The zero-order valence-electron chi connectivity index (χ0n) is 9.58. The second-order valence-corrected chi connectivity index (χ2v) is 6.98. The van der Waals surface area contributed by atoms with Gasteiger partial charge in [0.2, 0.25) is 0 Å². The number of rotatable bonds is 3. The fraction of sp³-hybridized carbons (Fsp3) is 0.231. The largest absolute Gasteiger partial charge is 0.387 e. The smallest absolute Gasteiger partial charge is 0.0922 e. The molecule has 0 radical (unpaired) electrons. The molecule has 0 spiro atoms. The van der Waals surface area contributed by atoms with E-state index in [9.17, 15) is 5.11 Å². The van der Waals surface area contributed by atoms with Crippen LogP contribution in [0.15, 0.2) is 28.7 Å². The number of aliphatic hydroxyl groups excluding tert-OH is 1. The van der Waals surface area contributed by atoms with E-state index < -0.39 is 6.10 Å². The van der Waals surface area contributed by atoms with Gasteiger partial charge in [-0.25, -0.2) is 0 Å². The van der Waals surface area contributed by atoms with Gasteiger partial charge in [0.25, 0.3) is 0 Å². The molecule has 0 aliphatic rings. The molecule has 1 aromatic carbocycles. The van der Waals surface area contributed by atoms with Crippen LogP contribution in [-0.4, -0.2) is 5.11 Å². The third-order valence-electron chi connectivity index (χ3n) is 2.62. The Bertz CT molecular complexity index is 549. The molecule has 1 aromatic heterocycles. The molecular weight excluding hydrogens is 355 g/mol. The highest BCUT2D eigenvalue weighted by Crippen LogP contribution is 2.32. The van der Waals surface area contributed by atoms with Gasteiger partial charge in [-0.3, -0.25) is 0 Å². The van der Waals surface area contributed by atoms with Crippen LogP contribution >= 0.6 is 50.5 Å². The van der Waals surface area contributed by atoms with Crippen LogP contribution in [0.4, 0.5) is 0 Å². The first-order valence-electron chi connectivity index (χ1n) is 5.35. The molecule has 2 rings (SSSR count). The van der Waals surface area contributed by atoms with Crippen LogP contribution < -0.4 is 0 Å². The van der Waals surface area contributed by atoms with E-state index in [2.05, 4.69) is 15.9 Å². The quantitative estimate of drug-likeness (QED) is 0.771. The average molecular weight is 366 g/mol. The van der Waals surface area contributed by atoms with Crippen LogP contribution in [0, 0.1) is 6.92 Å². The van der Waals surface area contributed by atoms with E-state index in [0.717, 1.165) is 19.8 Å². The second kappa shape index (κ2) is 5.93. The maximum absolute atomic E-state index is 10.2. The van der Waals surface area contributed by atoms with Crippen LogP contribution in [0.1, 0.15) is 21.4 Å². The summed E-state index contributed by atoms with van der Waals surface area (Å²) in [6, 6.07) is 7.39. The predicted octanol–water partition coefficient (Wildman–Crippen LogP) is 5.40. The van der Waals surface area contributed by atoms with Crippen LogP contribution in [-0.2, 0) is 6.42 Å². The number of halogens is 3. The third-order valence-corrected chi connectivity index (χ3v) is 5.59. The highest BCUT2D eigenvalue weighted by molar-refractivity contribution is 9.10. The normalized spacial score (nSPS) is 12.7. The summed E-state index contributed by atoms with van der Waals surface area (Å²) in [5.74, 6) is 0. The SMILES string of the molecule is Cc1sc(C(O)Cc2ccc(Cl)c(Cl)c2)cc1Br. The maximum Gasteiger partial charge on any atom is 0.0922 e. The van der Waals surface area contributed by atoms with Gasteiger partial charge in [-0.1, -0.05) is 29.3 Å². The molecule has 0 aliphatic carbocycles. The highest BCUT2D eigenvalue weighted by atomic mass is 79.9. The summed E-state index contributed by atoms with van der Waals surface area (Å²) >= 11 is 16.9. The summed E-state index contributed by atoms with van der Waals surface area (Å²) in [7, 11) is 0. The Kier molecular flexibility index (Phi) is 4.73. The minimum absolute atomic E-state index is 0.516. The van der Waals surface area contributed by atoms with Crippen molar-refractivity contribution in [2.24, 2.45) is 0 Å². The Balaban J connectivity index is 2.15. The van der Waals surface area contributed by atoms with Crippen molar-refractivity contribution in [3.8, 4) is 0 Å². The average Bonchev–Trinajstić information content (AvgIpc) is 2.65. The van der Waals surface area contributed by atoms with Crippen molar-refractivity contribution in [3.05, 3.63) is 54.1 Å². The lowest BCUT2D eigenvalue weighted by Gasteiger charge is -2.09. The zero-order chi connectivity index (χ0) is 13.3. The first-order chi connectivity index (χ1) is 8.47. The second-order valence-electron chi connectivity index (χ2n) is 4.02. The molecule has 0 fully saturated rings. The third kappa shape index (κ3) is 3.28. The molecule has 0 aliphatic heterocycles. The van der Waals surface area contributed by atoms with Crippen molar-refractivity contribution in [2.45, 2.75) is 19.4 Å². The van der Waals surface area contributed by atoms with Crippen molar-refractivity contribution in [3.63, 3.8) is 0 Å². The Morgan fingerprint density at radius 1 is 1.28 bits per heavy atom. The standard InChI is InChI=1S/C13H11BrCl2OS/c1-7-9(14)6-13(18-7)12(17)5-8-2-3-10(15)11(16)4-8/h2-4,6,12,17H,5H2,1H3. The molecule has 1 heterocycles. The van der Waals surface area contributed by atoms with Crippen molar-refractivity contribution in [1.29, 1.82) is 0 Å². The zero-order valence-corrected chi connectivity index (χ0v) is 13.5. The van der Waals surface area contributed by atoms with Gasteiger partial charge in [-0.2, -0.15) is 0 Å². The highest BCUT2D eigenvalue weighted by Gasteiger charge is 2.13. The van der Waals surface area contributed by atoms with Gasteiger partial charge in [-0.15, -0.1) is 11.3 Å². The van der Waals surface area contributed by atoms with Gasteiger partial charge in [0.05, 0.1) is 16.1 Å². The topological polar surface area (TPSA) is 20.2 Å². The van der Waals surface area contributed by atoms with E-state index in [1.807, 2.05) is 19.1 Å². The van der Waals surface area contributed by atoms with E-state index >= 15 is 0 Å². The summed E-state index contributed by atoms with van der Waals surface area (Å²) in [5, 5.41) is 11.2. The molecule has 1 nitrogen and oxygen atoms in total. The summed E-state index contributed by atoms with van der Waals surface area (Å²) in [6.45, 7) is 2.02. The predicted molar refractivity (Wildman–Crippen MR) is 81.9 cm³/mol. The molecule has 0 saturated heterocycles. The van der Waals surface area contributed by atoms with Crippen LogP contribution in [0.5, 0.6) is 0 Å². The minimum Gasteiger partial charge on any atom is -0.387 e. The van der Waals surface area contributed by atoms with E-state index in [-0.39, 0.29) is 0 Å². The Morgan fingerprint density at radius 3 is 2.56 bits per heavy atom. The molecule has 1 atom stereocenters. The maximum atomic E-state index is 10.2. The monoisotopic (exact) mass is 364 g/mol. The number of aliphatic hydroxyl groups is 1. The number of hydrogen-bond acceptors (Lipinski definition) is 2. The van der Waals surface area contributed by atoms with Crippen molar-refractivity contribution in [1.82, 2.24) is 0 Å². The van der Waals surface area contributed by atoms with Crippen LogP contribution in [0.25, 0.3) is 0 Å². The Morgan fingerprint density at radius 2 is 2.00 bits per heavy atom. The molecule has 96 valence electrons. The minimum atomic E-state index is -0.516.